The number of nitrogens with one attached hydrogen (secondary N) is 1. The quantitative estimate of drug-likeness (QED) is 0.744. The molecule has 0 aromatic carbocycles. The van der Waals surface area contributed by atoms with Gasteiger partial charge in [-0.1, -0.05) is 13.8 Å². The number of aryl methyl sites for hydroxylation is 2. The lowest BCUT2D eigenvalue weighted by atomic mass is 10.1. The highest BCUT2D eigenvalue weighted by atomic mass is 15.2. The zero-order chi connectivity index (χ0) is 14.3. The molecule has 1 rings (SSSR count). The maximum atomic E-state index is 4.37. The predicted octanol–water partition coefficient (Wildman–Crippen LogP) is 2.33. The maximum absolute atomic E-state index is 4.37. The van der Waals surface area contributed by atoms with Gasteiger partial charge in [-0.3, -0.25) is 4.68 Å². The smallest absolute Gasteiger partial charge is 0.0638 e. The standard InChI is InChI=1S/C15H30N4/c1-6-19(7-2)10-8-9-13(3)16-11-15-12-18(5)17-14(15)4/h12-13,16H,6-11H2,1-5H3. The highest BCUT2D eigenvalue weighted by Gasteiger charge is 2.06. The highest BCUT2D eigenvalue weighted by Crippen LogP contribution is 2.06. The summed E-state index contributed by atoms with van der Waals surface area (Å²) in [6, 6.07) is 0.565. The summed E-state index contributed by atoms with van der Waals surface area (Å²) in [7, 11) is 1.98. The molecule has 4 nitrogen and oxygen atoms in total. The van der Waals surface area contributed by atoms with Crippen molar-refractivity contribution in [3.8, 4) is 0 Å². The van der Waals surface area contributed by atoms with Crippen molar-refractivity contribution in [2.24, 2.45) is 7.05 Å². The second-order valence-corrected chi connectivity index (χ2v) is 5.36. The van der Waals surface area contributed by atoms with Crippen LogP contribution in [0.15, 0.2) is 6.20 Å². The highest BCUT2D eigenvalue weighted by molar-refractivity contribution is 5.14. The van der Waals surface area contributed by atoms with Gasteiger partial charge in [0, 0.05) is 31.4 Å². The number of rotatable bonds is 9. The van der Waals surface area contributed by atoms with Gasteiger partial charge in [0.1, 0.15) is 0 Å². The second-order valence-electron chi connectivity index (χ2n) is 5.36. The van der Waals surface area contributed by atoms with E-state index in [2.05, 4.69) is 49.2 Å². The Morgan fingerprint density at radius 2 is 2.05 bits per heavy atom. The van der Waals surface area contributed by atoms with E-state index in [0.717, 1.165) is 25.3 Å². The van der Waals surface area contributed by atoms with Crippen LogP contribution in [0.4, 0.5) is 0 Å². The van der Waals surface area contributed by atoms with Gasteiger partial charge in [0.25, 0.3) is 0 Å². The molecule has 1 atom stereocenters. The zero-order valence-electron chi connectivity index (χ0n) is 13.2. The number of aromatic nitrogens is 2. The molecule has 110 valence electrons. The van der Waals surface area contributed by atoms with Crippen LogP contribution in [0, 0.1) is 6.92 Å². The normalized spacial score (nSPS) is 13.2. The van der Waals surface area contributed by atoms with E-state index in [9.17, 15) is 0 Å². The molecule has 0 fully saturated rings. The first-order chi connectivity index (χ1) is 9.06. The van der Waals surface area contributed by atoms with E-state index < -0.39 is 0 Å². The third-order valence-corrected chi connectivity index (χ3v) is 3.76. The molecule has 0 saturated heterocycles. The van der Waals surface area contributed by atoms with Crippen LogP contribution >= 0.6 is 0 Å². The fourth-order valence-corrected chi connectivity index (χ4v) is 2.37. The van der Waals surface area contributed by atoms with E-state index in [4.69, 9.17) is 0 Å². The first-order valence-corrected chi connectivity index (χ1v) is 7.51. The molecular weight excluding hydrogens is 236 g/mol. The Hall–Kier alpha value is -0.870. The third-order valence-electron chi connectivity index (χ3n) is 3.76. The lowest BCUT2D eigenvalue weighted by Crippen LogP contribution is -2.28. The molecule has 0 bridgehead atoms. The minimum atomic E-state index is 0.565. The number of nitrogens with zero attached hydrogens (tertiary/aromatic N) is 3. The van der Waals surface area contributed by atoms with E-state index in [1.165, 1.54) is 24.9 Å². The molecule has 0 aliphatic carbocycles. The molecule has 1 N–H and O–H groups in total. The minimum absolute atomic E-state index is 0.565. The largest absolute Gasteiger partial charge is 0.310 e. The minimum Gasteiger partial charge on any atom is -0.310 e. The Balaban J connectivity index is 2.21. The van der Waals surface area contributed by atoms with Crippen LogP contribution in [-0.4, -0.2) is 40.4 Å². The molecule has 0 amide bonds. The van der Waals surface area contributed by atoms with Gasteiger partial charge in [-0.25, -0.2) is 0 Å². The average molecular weight is 266 g/mol. The fourth-order valence-electron chi connectivity index (χ4n) is 2.37. The predicted molar refractivity (Wildman–Crippen MR) is 81.3 cm³/mol. The first-order valence-electron chi connectivity index (χ1n) is 7.51. The van der Waals surface area contributed by atoms with E-state index in [0.29, 0.717) is 6.04 Å². The van der Waals surface area contributed by atoms with Gasteiger partial charge in [0.15, 0.2) is 0 Å². The van der Waals surface area contributed by atoms with E-state index >= 15 is 0 Å². The van der Waals surface area contributed by atoms with Gasteiger partial charge >= 0.3 is 0 Å². The van der Waals surface area contributed by atoms with Crippen LogP contribution in [0.5, 0.6) is 0 Å². The number of hydrogen-bond acceptors (Lipinski definition) is 3. The molecule has 0 aliphatic rings. The molecule has 0 aliphatic heterocycles. The second kappa shape index (κ2) is 8.33. The van der Waals surface area contributed by atoms with Crippen LogP contribution in [0.25, 0.3) is 0 Å². The molecule has 0 spiro atoms. The molecule has 4 heteroatoms. The van der Waals surface area contributed by atoms with Crippen molar-refractivity contribution in [2.45, 2.75) is 53.1 Å². The molecule has 0 saturated carbocycles. The Bertz CT molecular complexity index is 355. The van der Waals surface area contributed by atoms with Gasteiger partial charge in [-0.2, -0.15) is 5.10 Å². The van der Waals surface area contributed by atoms with Crippen molar-refractivity contribution in [2.75, 3.05) is 19.6 Å². The van der Waals surface area contributed by atoms with Gasteiger partial charge in [-0.05, 0) is 46.3 Å². The first kappa shape index (κ1) is 16.2. The van der Waals surface area contributed by atoms with Gasteiger partial charge in [-0.15, -0.1) is 0 Å². The summed E-state index contributed by atoms with van der Waals surface area (Å²) < 4.78 is 1.89. The summed E-state index contributed by atoms with van der Waals surface area (Å²) >= 11 is 0. The summed E-state index contributed by atoms with van der Waals surface area (Å²) in [6.45, 7) is 13.3. The molecular formula is C15H30N4. The SMILES string of the molecule is CCN(CC)CCCC(C)NCc1cn(C)nc1C. The Morgan fingerprint density at radius 3 is 2.58 bits per heavy atom. The number of hydrogen-bond donors (Lipinski definition) is 1. The van der Waals surface area contributed by atoms with Crippen molar-refractivity contribution in [1.29, 1.82) is 0 Å². The summed E-state index contributed by atoms with van der Waals surface area (Å²) in [4.78, 5) is 2.48. The van der Waals surface area contributed by atoms with Crippen molar-refractivity contribution in [1.82, 2.24) is 20.0 Å². The molecule has 1 aromatic heterocycles. The maximum Gasteiger partial charge on any atom is 0.0638 e. The summed E-state index contributed by atoms with van der Waals surface area (Å²) in [5, 5.41) is 7.96. The van der Waals surface area contributed by atoms with E-state index in [-0.39, 0.29) is 0 Å². The topological polar surface area (TPSA) is 33.1 Å². The lowest BCUT2D eigenvalue weighted by molar-refractivity contribution is 0.290. The lowest BCUT2D eigenvalue weighted by Gasteiger charge is -2.19. The van der Waals surface area contributed by atoms with Gasteiger partial charge in [0.05, 0.1) is 5.69 Å². The monoisotopic (exact) mass is 266 g/mol. The molecule has 1 unspecified atom stereocenters. The average Bonchev–Trinajstić information content (AvgIpc) is 2.70. The van der Waals surface area contributed by atoms with Crippen LogP contribution in [-0.2, 0) is 13.6 Å². The van der Waals surface area contributed by atoms with Crippen LogP contribution < -0.4 is 5.32 Å². The van der Waals surface area contributed by atoms with Gasteiger partial charge in [0.2, 0.25) is 0 Å². The Labute approximate surface area is 118 Å². The van der Waals surface area contributed by atoms with Crippen molar-refractivity contribution in [3.05, 3.63) is 17.5 Å². The molecule has 0 radical (unpaired) electrons. The molecule has 19 heavy (non-hydrogen) atoms. The molecule has 1 aromatic rings. The zero-order valence-corrected chi connectivity index (χ0v) is 13.2. The van der Waals surface area contributed by atoms with Crippen molar-refractivity contribution < 1.29 is 0 Å². The van der Waals surface area contributed by atoms with Crippen molar-refractivity contribution in [3.63, 3.8) is 0 Å². The van der Waals surface area contributed by atoms with E-state index in [1.54, 1.807) is 0 Å². The Morgan fingerprint density at radius 1 is 1.37 bits per heavy atom. The summed E-state index contributed by atoms with van der Waals surface area (Å²) in [5.74, 6) is 0. The van der Waals surface area contributed by atoms with Crippen LogP contribution in [0.1, 0.15) is 44.9 Å². The van der Waals surface area contributed by atoms with E-state index in [1.807, 2.05) is 11.7 Å². The summed E-state index contributed by atoms with van der Waals surface area (Å²) in [6.07, 6.45) is 4.60. The van der Waals surface area contributed by atoms with Gasteiger partial charge < -0.3 is 10.2 Å². The van der Waals surface area contributed by atoms with Crippen LogP contribution in [0.3, 0.4) is 0 Å². The Kier molecular flexibility index (Phi) is 7.10. The molecule has 1 heterocycles. The summed E-state index contributed by atoms with van der Waals surface area (Å²) in [5.41, 5.74) is 2.43. The fraction of sp³-hybridized carbons (Fsp3) is 0.800. The van der Waals surface area contributed by atoms with Crippen molar-refractivity contribution >= 4 is 0 Å². The van der Waals surface area contributed by atoms with Crippen LogP contribution in [0.2, 0.25) is 0 Å². The third kappa shape index (κ3) is 5.74.